The average Bonchev–Trinajstić information content (AvgIpc) is 3.04. The second-order valence-corrected chi connectivity index (χ2v) is 5.78. The second kappa shape index (κ2) is 5.24. The summed E-state index contributed by atoms with van der Waals surface area (Å²) in [5.74, 6) is 0.404. The number of para-hydroxylation sites is 1. The Morgan fingerprint density at radius 2 is 2.05 bits per heavy atom. The summed E-state index contributed by atoms with van der Waals surface area (Å²) in [4.78, 5) is 11.5. The Hall–Kier alpha value is -1.51. The number of fused-ring (bicyclic) bond motifs is 1. The van der Waals surface area contributed by atoms with E-state index in [1.54, 1.807) is 0 Å². The highest BCUT2D eigenvalue weighted by molar-refractivity contribution is 5.70. The summed E-state index contributed by atoms with van der Waals surface area (Å²) in [6.07, 6.45) is 6.04. The van der Waals surface area contributed by atoms with E-state index in [1.165, 1.54) is 18.4 Å². The van der Waals surface area contributed by atoms with Gasteiger partial charge in [0.05, 0.1) is 5.92 Å². The van der Waals surface area contributed by atoms with Crippen LogP contribution >= 0.6 is 0 Å². The lowest BCUT2D eigenvalue weighted by atomic mass is 9.85. The van der Waals surface area contributed by atoms with Crippen molar-refractivity contribution in [2.45, 2.75) is 44.6 Å². The lowest BCUT2D eigenvalue weighted by molar-refractivity contribution is -0.144. The minimum absolute atomic E-state index is 0.0408. The van der Waals surface area contributed by atoms with Gasteiger partial charge in [0.1, 0.15) is 11.9 Å². The van der Waals surface area contributed by atoms with Gasteiger partial charge in [-0.25, -0.2) is 0 Å². The number of ether oxygens (including phenoxy) is 1. The summed E-state index contributed by atoms with van der Waals surface area (Å²) < 4.78 is 5.88. The Morgan fingerprint density at radius 3 is 2.74 bits per heavy atom. The fourth-order valence-electron chi connectivity index (χ4n) is 3.52. The summed E-state index contributed by atoms with van der Waals surface area (Å²) in [6.45, 7) is 0. The predicted molar refractivity (Wildman–Crippen MR) is 72.3 cm³/mol. The maximum atomic E-state index is 11.5. The van der Waals surface area contributed by atoms with Crippen LogP contribution in [0.1, 0.15) is 37.7 Å². The number of carbonyl (C=O) groups is 1. The van der Waals surface area contributed by atoms with E-state index < -0.39 is 5.97 Å². The largest absolute Gasteiger partial charge is 0.490 e. The molecule has 0 aromatic heterocycles. The molecule has 1 aromatic rings. The van der Waals surface area contributed by atoms with Gasteiger partial charge in [-0.3, -0.25) is 4.79 Å². The summed E-state index contributed by atoms with van der Waals surface area (Å²) >= 11 is 0. The SMILES string of the molecule is O=C(O)C(CC1Cc2ccccc2O1)C1CCCC1. The van der Waals surface area contributed by atoms with Crippen molar-refractivity contribution in [1.29, 1.82) is 0 Å². The number of carboxylic acids is 1. The molecule has 2 aliphatic rings. The molecule has 1 aromatic carbocycles. The Bertz CT molecular complexity index is 438. The van der Waals surface area contributed by atoms with Crippen LogP contribution in [0, 0.1) is 11.8 Å². The first-order chi connectivity index (χ1) is 9.24. The van der Waals surface area contributed by atoms with Crippen LogP contribution in [0.2, 0.25) is 0 Å². The molecule has 2 atom stereocenters. The topological polar surface area (TPSA) is 46.5 Å². The van der Waals surface area contributed by atoms with Gasteiger partial charge in [-0.05, 0) is 36.8 Å². The Balaban J connectivity index is 1.66. The quantitative estimate of drug-likeness (QED) is 0.903. The number of benzene rings is 1. The zero-order chi connectivity index (χ0) is 13.2. The molecular weight excluding hydrogens is 240 g/mol. The first-order valence-electron chi connectivity index (χ1n) is 7.21. The number of carboxylic acid groups (broad SMARTS) is 1. The molecule has 0 amide bonds. The average molecular weight is 260 g/mol. The van der Waals surface area contributed by atoms with Gasteiger partial charge >= 0.3 is 5.97 Å². The Labute approximate surface area is 113 Å². The van der Waals surface area contributed by atoms with Crippen LogP contribution in [0.4, 0.5) is 0 Å². The standard InChI is InChI=1S/C16H20O3/c17-16(18)14(11-5-1-2-6-11)10-13-9-12-7-3-4-8-15(12)19-13/h3-4,7-8,11,13-14H,1-2,5-6,9-10H2,(H,17,18). The molecule has 1 heterocycles. The van der Waals surface area contributed by atoms with Crippen molar-refractivity contribution in [3.63, 3.8) is 0 Å². The molecule has 102 valence electrons. The fraction of sp³-hybridized carbons (Fsp3) is 0.562. The molecule has 0 spiro atoms. The van der Waals surface area contributed by atoms with E-state index in [4.69, 9.17) is 4.74 Å². The van der Waals surface area contributed by atoms with Gasteiger partial charge < -0.3 is 9.84 Å². The van der Waals surface area contributed by atoms with Gasteiger partial charge in [-0.1, -0.05) is 31.0 Å². The maximum absolute atomic E-state index is 11.5. The lowest BCUT2D eigenvalue weighted by Crippen LogP contribution is -2.28. The number of aliphatic carboxylic acids is 1. The monoisotopic (exact) mass is 260 g/mol. The van der Waals surface area contributed by atoms with Crippen molar-refractivity contribution >= 4 is 5.97 Å². The van der Waals surface area contributed by atoms with Gasteiger partial charge in [0.25, 0.3) is 0 Å². The van der Waals surface area contributed by atoms with Gasteiger partial charge in [-0.2, -0.15) is 0 Å². The molecule has 3 rings (SSSR count). The fourth-order valence-corrected chi connectivity index (χ4v) is 3.52. The first kappa shape index (κ1) is 12.5. The third-order valence-corrected chi connectivity index (χ3v) is 4.52. The van der Waals surface area contributed by atoms with Crippen LogP contribution in [0.5, 0.6) is 5.75 Å². The highest BCUT2D eigenvalue weighted by Gasteiger charge is 2.35. The Kier molecular flexibility index (Phi) is 3.45. The Morgan fingerprint density at radius 1 is 1.32 bits per heavy atom. The van der Waals surface area contributed by atoms with E-state index in [-0.39, 0.29) is 12.0 Å². The minimum atomic E-state index is -0.647. The molecule has 19 heavy (non-hydrogen) atoms. The molecule has 2 unspecified atom stereocenters. The number of hydrogen-bond donors (Lipinski definition) is 1. The van der Waals surface area contributed by atoms with E-state index in [9.17, 15) is 9.90 Å². The number of rotatable bonds is 4. The molecular formula is C16H20O3. The molecule has 3 nitrogen and oxygen atoms in total. The normalized spacial score (nSPS) is 23.9. The summed E-state index contributed by atoms with van der Waals surface area (Å²) in [6, 6.07) is 8.02. The van der Waals surface area contributed by atoms with Gasteiger partial charge in [0.15, 0.2) is 0 Å². The van der Waals surface area contributed by atoms with Gasteiger partial charge in [-0.15, -0.1) is 0 Å². The zero-order valence-electron chi connectivity index (χ0n) is 11.0. The zero-order valence-corrected chi connectivity index (χ0v) is 11.0. The third-order valence-electron chi connectivity index (χ3n) is 4.52. The van der Waals surface area contributed by atoms with Crippen LogP contribution in [0.3, 0.4) is 0 Å². The van der Waals surface area contributed by atoms with Crippen molar-refractivity contribution in [2.75, 3.05) is 0 Å². The van der Waals surface area contributed by atoms with Crippen LogP contribution < -0.4 is 4.74 Å². The summed E-state index contributed by atoms with van der Waals surface area (Å²) in [7, 11) is 0. The van der Waals surface area contributed by atoms with Crippen molar-refractivity contribution in [2.24, 2.45) is 11.8 Å². The van der Waals surface area contributed by atoms with Gasteiger partial charge in [0.2, 0.25) is 0 Å². The molecule has 3 heteroatoms. The van der Waals surface area contributed by atoms with Crippen LogP contribution in [-0.2, 0) is 11.2 Å². The molecule has 1 saturated carbocycles. The molecule has 0 bridgehead atoms. The van der Waals surface area contributed by atoms with Crippen molar-refractivity contribution in [1.82, 2.24) is 0 Å². The molecule has 1 N–H and O–H groups in total. The van der Waals surface area contributed by atoms with E-state index in [0.29, 0.717) is 12.3 Å². The van der Waals surface area contributed by atoms with Crippen molar-refractivity contribution in [3.05, 3.63) is 29.8 Å². The molecule has 1 aliphatic heterocycles. The van der Waals surface area contributed by atoms with Crippen LogP contribution in [0.25, 0.3) is 0 Å². The number of hydrogen-bond acceptors (Lipinski definition) is 2. The van der Waals surface area contributed by atoms with Crippen molar-refractivity contribution < 1.29 is 14.6 Å². The molecule has 1 aliphatic carbocycles. The van der Waals surface area contributed by atoms with Crippen LogP contribution in [-0.4, -0.2) is 17.2 Å². The maximum Gasteiger partial charge on any atom is 0.306 e. The smallest absolute Gasteiger partial charge is 0.306 e. The van der Waals surface area contributed by atoms with Crippen molar-refractivity contribution in [3.8, 4) is 5.75 Å². The summed E-state index contributed by atoms with van der Waals surface area (Å²) in [5.41, 5.74) is 1.21. The summed E-state index contributed by atoms with van der Waals surface area (Å²) in [5, 5.41) is 9.46. The van der Waals surface area contributed by atoms with Gasteiger partial charge in [0, 0.05) is 6.42 Å². The lowest BCUT2D eigenvalue weighted by Gasteiger charge is -2.22. The predicted octanol–water partition coefficient (Wildman–Crippen LogP) is 3.27. The molecule has 1 fully saturated rings. The van der Waals surface area contributed by atoms with E-state index >= 15 is 0 Å². The van der Waals surface area contributed by atoms with E-state index in [0.717, 1.165) is 25.0 Å². The highest BCUT2D eigenvalue weighted by Crippen LogP contribution is 2.37. The van der Waals surface area contributed by atoms with Crippen LogP contribution in [0.15, 0.2) is 24.3 Å². The second-order valence-electron chi connectivity index (χ2n) is 5.78. The molecule has 0 radical (unpaired) electrons. The highest BCUT2D eigenvalue weighted by atomic mass is 16.5. The van der Waals surface area contributed by atoms with E-state index in [2.05, 4.69) is 6.07 Å². The molecule has 0 saturated heterocycles. The van der Waals surface area contributed by atoms with E-state index in [1.807, 2.05) is 18.2 Å². The first-order valence-corrected chi connectivity index (χ1v) is 7.21. The third kappa shape index (κ3) is 2.60. The minimum Gasteiger partial charge on any atom is -0.490 e.